The van der Waals surface area contributed by atoms with E-state index in [9.17, 15) is 0 Å². The lowest BCUT2D eigenvalue weighted by molar-refractivity contribution is 1.02. The van der Waals surface area contributed by atoms with Gasteiger partial charge in [0, 0.05) is 18.3 Å². The van der Waals surface area contributed by atoms with E-state index in [2.05, 4.69) is 27.6 Å². The molecule has 0 saturated heterocycles. The molecule has 0 aliphatic rings. The Balaban J connectivity index is 1.95. The topological polar surface area (TPSA) is 40.7 Å². The Bertz CT molecular complexity index is 392. The number of aryl methyl sites for hydroxylation is 1. The minimum absolute atomic E-state index is 0.811. The van der Waals surface area contributed by atoms with Gasteiger partial charge in [0.25, 0.3) is 0 Å². The smallest absolute Gasteiger partial charge is 0.148 e. The molecule has 0 bridgehead atoms. The summed E-state index contributed by atoms with van der Waals surface area (Å²) in [6.07, 6.45) is 0. The summed E-state index contributed by atoms with van der Waals surface area (Å²) in [4.78, 5) is 0. The fourth-order valence-corrected chi connectivity index (χ4v) is 1.30. The average molecular weight is 187 g/mol. The Hall–Kier alpha value is -1.77. The number of nitrogens with zero attached hydrogens (tertiary/aromatic N) is 1. The fraction of sp³-hybridized carbons (Fsp3) is 0.182. The van der Waals surface area contributed by atoms with Crippen LogP contribution in [0.2, 0.25) is 0 Å². The molecule has 0 atom stereocenters. The second-order valence-corrected chi connectivity index (χ2v) is 3.28. The molecule has 0 saturated carbocycles. The van der Waals surface area contributed by atoms with Crippen LogP contribution in [-0.2, 0) is 6.54 Å². The highest BCUT2D eigenvalue weighted by molar-refractivity contribution is 5.36. The standard InChI is InChI=1S/C11H13N3/c1-9-7-11(14-13-9)12-8-10-5-3-2-4-6-10/h2-7H,8H2,1H3,(H2,12,13,14). The molecule has 1 aromatic heterocycles. The SMILES string of the molecule is Cc1cc(NCc2ccccc2)n[nH]1. The predicted molar refractivity (Wildman–Crippen MR) is 57.1 cm³/mol. The molecule has 2 N–H and O–H groups in total. The second-order valence-electron chi connectivity index (χ2n) is 3.28. The average Bonchev–Trinajstić information content (AvgIpc) is 2.63. The lowest BCUT2D eigenvalue weighted by Gasteiger charge is -2.01. The van der Waals surface area contributed by atoms with Crippen molar-refractivity contribution in [2.75, 3.05) is 5.32 Å². The highest BCUT2D eigenvalue weighted by Crippen LogP contribution is 2.06. The fourth-order valence-electron chi connectivity index (χ4n) is 1.30. The normalized spacial score (nSPS) is 10.1. The molecular formula is C11H13N3. The molecule has 72 valence electrons. The number of hydrogen-bond acceptors (Lipinski definition) is 2. The van der Waals surface area contributed by atoms with Crippen molar-refractivity contribution >= 4 is 5.82 Å². The van der Waals surface area contributed by atoms with E-state index in [4.69, 9.17) is 0 Å². The molecule has 0 amide bonds. The summed E-state index contributed by atoms with van der Waals surface area (Å²) in [5, 5.41) is 10.2. The predicted octanol–water partition coefficient (Wildman–Crippen LogP) is 2.33. The lowest BCUT2D eigenvalue weighted by Crippen LogP contribution is -1.98. The summed E-state index contributed by atoms with van der Waals surface area (Å²) in [5.74, 6) is 0.895. The summed E-state index contributed by atoms with van der Waals surface area (Å²) in [6, 6.07) is 12.3. The van der Waals surface area contributed by atoms with E-state index in [0.29, 0.717) is 0 Å². The van der Waals surface area contributed by atoms with Gasteiger partial charge in [-0.05, 0) is 12.5 Å². The van der Waals surface area contributed by atoms with E-state index >= 15 is 0 Å². The highest BCUT2D eigenvalue weighted by atomic mass is 15.2. The molecular weight excluding hydrogens is 174 g/mol. The Labute approximate surface area is 83.2 Å². The van der Waals surface area contributed by atoms with Gasteiger partial charge in [-0.15, -0.1) is 0 Å². The summed E-state index contributed by atoms with van der Waals surface area (Å²) in [7, 11) is 0. The minimum Gasteiger partial charge on any atom is -0.365 e. The van der Waals surface area contributed by atoms with Crippen molar-refractivity contribution in [3.05, 3.63) is 47.7 Å². The first-order valence-corrected chi connectivity index (χ1v) is 4.64. The molecule has 2 aromatic rings. The van der Waals surface area contributed by atoms with Crippen LogP contribution in [0, 0.1) is 6.92 Å². The molecule has 0 unspecified atom stereocenters. The molecule has 1 heterocycles. The number of aromatic amines is 1. The zero-order valence-corrected chi connectivity index (χ0v) is 8.12. The zero-order valence-electron chi connectivity index (χ0n) is 8.12. The van der Waals surface area contributed by atoms with Crippen molar-refractivity contribution in [3.8, 4) is 0 Å². The summed E-state index contributed by atoms with van der Waals surface area (Å²) in [5.41, 5.74) is 2.33. The number of nitrogens with one attached hydrogen (secondary N) is 2. The third-order valence-corrected chi connectivity index (χ3v) is 2.02. The highest BCUT2D eigenvalue weighted by Gasteiger charge is 1.96. The van der Waals surface area contributed by atoms with Crippen molar-refractivity contribution < 1.29 is 0 Å². The zero-order chi connectivity index (χ0) is 9.80. The van der Waals surface area contributed by atoms with Crippen molar-refractivity contribution in [1.82, 2.24) is 10.2 Å². The van der Waals surface area contributed by atoms with Crippen LogP contribution in [0.4, 0.5) is 5.82 Å². The maximum absolute atomic E-state index is 4.09. The van der Waals surface area contributed by atoms with Crippen LogP contribution in [-0.4, -0.2) is 10.2 Å². The van der Waals surface area contributed by atoms with Crippen LogP contribution < -0.4 is 5.32 Å². The molecule has 3 heteroatoms. The molecule has 0 fully saturated rings. The van der Waals surface area contributed by atoms with Crippen molar-refractivity contribution in [1.29, 1.82) is 0 Å². The molecule has 0 radical (unpaired) electrons. The molecule has 0 aliphatic heterocycles. The quantitative estimate of drug-likeness (QED) is 0.774. The molecule has 1 aromatic carbocycles. The van der Waals surface area contributed by atoms with Crippen LogP contribution in [0.1, 0.15) is 11.3 Å². The number of anilines is 1. The Morgan fingerprint density at radius 1 is 1.29 bits per heavy atom. The van der Waals surface area contributed by atoms with Crippen molar-refractivity contribution in [2.45, 2.75) is 13.5 Å². The first kappa shape index (κ1) is 8.81. The maximum Gasteiger partial charge on any atom is 0.148 e. The second kappa shape index (κ2) is 3.96. The van der Waals surface area contributed by atoms with Gasteiger partial charge < -0.3 is 5.32 Å². The van der Waals surface area contributed by atoms with Gasteiger partial charge in [-0.2, -0.15) is 5.10 Å². The van der Waals surface area contributed by atoms with Gasteiger partial charge in [0.15, 0.2) is 0 Å². The van der Waals surface area contributed by atoms with E-state index in [0.717, 1.165) is 18.1 Å². The van der Waals surface area contributed by atoms with Crippen LogP contribution in [0.5, 0.6) is 0 Å². The Morgan fingerprint density at radius 3 is 2.71 bits per heavy atom. The lowest BCUT2D eigenvalue weighted by atomic mass is 10.2. The van der Waals surface area contributed by atoms with E-state index in [-0.39, 0.29) is 0 Å². The van der Waals surface area contributed by atoms with Crippen LogP contribution in [0.3, 0.4) is 0 Å². The van der Waals surface area contributed by atoms with E-state index in [1.54, 1.807) is 0 Å². The first-order chi connectivity index (χ1) is 6.84. The van der Waals surface area contributed by atoms with Crippen LogP contribution in [0.25, 0.3) is 0 Å². The third kappa shape index (κ3) is 2.13. The molecule has 3 nitrogen and oxygen atoms in total. The molecule has 0 aliphatic carbocycles. The maximum atomic E-state index is 4.09. The summed E-state index contributed by atoms with van der Waals surface area (Å²) >= 11 is 0. The van der Waals surface area contributed by atoms with Crippen molar-refractivity contribution in [3.63, 3.8) is 0 Å². The first-order valence-electron chi connectivity index (χ1n) is 4.64. The van der Waals surface area contributed by atoms with Crippen LogP contribution in [0.15, 0.2) is 36.4 Å². The summed E-state index contributed by atoms with van der Waals surface area (Å²) in [6.45, 7) is 2.80. The van der Waals surface area contributed by atoms with Gasteiger partial charge in [0.05, 0.1) is 0 Å². The largest absolute Gasteiger partial charge is 0.365 e. The van der Waals surface area contributed by atoms with Gasteiger partial charge in [0.1, 0.15) is 5.82 Å². The number of aromatic nitrogens is 2. The van der Waals surface area contributed by atoms with Gasteiger partial charge in [-0.1, -0.05) is 30.3 Å². The van der Waals surface area contributed by atoms with Gasteiger partial charge in [-0.25, -0.2) is 0 Å². The Kier molecular flexibility index (Phi) is 2.49. The van der Waals surface area contributed by atoms with Crippen molar-refractivity contribution in [2.24, 2.45) is 0 Å². The molecule has 2 rings (SSSR count). The minimum atomic E-state index is 0.811. The molecule has 0 spiro atoms. The summed E-state index contributed by atoms with van der Waals surface area (Å²) < 4.78 is 0. The number of benzene rings is 1. The number of rotatable bonds is 3. The number of hydrogen-bond donors (Lipinski definition) is 2. The van der Waals surface area contributed by atoms with E-state index in [1.807, 2.05) is 31.2 Å². The van der Waals surface area contributed by atoms with E-state index in [1.165, 1.54) is 5.56 Å². The third-order valence-electron chi connectivity index (χ3n) is 2.02. The monoisotopic (exact) mass is 187 g/mol. The van der Waals surface area contributed by atoms with Crippen LogP contribution >= 0.6 is 0 Å². The van der Waals surface area contributed by atoms with Gasteiger partial charge >= 0.3 is 0 Å². The van der Waals surface area contributed by atoms with Gasteiger partial charge in [-0.3, -0.25) is 5.10 Å². The number of H-pyrrole nitrogens is 1. The van der Waals surface area contributed by atoms with E-state index < -0.39 is 0 Å². The van der Waals surface area contributed by atoms with Gasteiger partial charge in [0.2, 0.25) is 0 Å². The Morgan fingerprint density at radius 2 is 2.07 bits per heavy atom. The molecule has 14 heavy (non-hydrogen) atoms.